The van der Waals surface area contributed by atoms with E-state index in [1.54, 1.807) is 6.20 Å². The Morgan fingerprint density at radius 2 is 1.95 bits per heavy atom. The number of hydrogen-bond donors (Lipinski definition) is 2. The molecule has 0 saturated heterocycles. The second-order valence-corrected chi connectivity index (χ2v) is 16.6. The van der Waals surface area contributed by atoms with E-state index in [4.69, 9.17) is 4.43 Å². The number of carbonyl (C=O) groups excluding carboxylic acids is 2. The van der Waals surface area contributed by atoms with Crippen molar-refractivity contribution < 1.29 is 14.0 Å². The maximum absolute atomic E-state index is 13.3. The lowest BCUT2D eigenvalue weighted by Gasteiger charge is -2.36. The molecule has 3 aromatic rings. The predicted octanol–water partition coefficient (Wildman–Crippen LogP) is 5.36. The molecule has 4 rings (SSSR count). The fraction of sp³-hybridized carbons (Fsp3) is 0.483. The van der Waals surface area contributed by atoms with E-state index >= 15 is 0 Å². The van der Waals surface area contributed by atoms with Gasteiger partial charge in [-0.05, 0) is 66.6 Å². The second-order valence-electron chi connectivity index (χ2n) is 11.8. The normalized spacial score (nSPS) is 17.7. The Morgan fingerprint density at radius 1 is 1.19 bits per heavy atom. The molecule has 2 aromatic heterocycles. The highest BCUT2D eigenvalue weighted by atomic mass is 28.4. The van der Waals surface area contributed by atoms with Crippen LogP contribution in [0.3, 0.4) is 0 Å². The Labute approximate surface area is 219 Å². The number of rotatable bonds is 10. The van der Waals surface area contributed by atoms with Crippen molar-refractivity contribution in [2.75, 3.05) is 13.7 Å². The van der Waals surface area contributed by atoms with Gasteiger partial charge in [-0.3, -0.25) is 14.4 Å². The lowest BCUT2D eigenvalue weighted by Crippen LogP contribution is -2.41. The zero-order valence-corrected chi connectivity index (χ0v) is 23.8. The van der Waals surface area contributed by atoms with Gasteiger partial charge in [-0.2, -0.15) is 0 Å². The van der Waals surface area contributed by atoms with Crippen LogP contribution in [0, 0.1) is 11.8 Å². The zero-order valence-electron chi connectivity index (χ0n) is 22.8. The maximum Gasteiger partial charge on any atom is 0.263 e. The van der Waals surface area contributed by atoms with Gasteiger partial charge < -0.3 is 19.3 Å². The van der Waals surface area contributed by atoms with Gasteiger partial charge in [-0.15, -0.1) is 0 Å². The van der Waals surface area contributed by atoms with E-state index in [0.717, 1.165) is 35.9 Å². The molecule has 1 aromatic carbocycles. The summed E-state index contributed by atoms with van der Waals surface area (Å²) in [4.78, 5) is 42.1. The number of aromatic amines is 1. The molecule has 37 heavy (non-hydrogen) atoms. The standard InChI is InChI=1S/C29H39N3O4Si/c1-29(2,3)37(5,6)36-13-11-19-14-21(19)16-26(33)22-15-24(27(34)30-4)28(35)32(18-22)17-20-8-7-9-25-23(20)10-12-31-25/h7-10,12,15,18-19,21,31H,11,13-14,16-17H2,1-6H3,(H,30,34)/t19-,21+/m0/s1. The quantitative estimate of drug-likeness (QED) is 0.278. The summed E-state index contributed by atoms with van der Waals surface area (Å²) < 4.78 is 7.80. The third-order valence-corrected chi connectivity index (χ3v) is 12.7. The number of H-pyrrole nitrogens is 1. The smallest absolute Gasteiger partial charge is 0.263 e. The molecule has 0 bridgehead atoms. The Balaban J connectivity index is 1.47. The van der Waals surface area contributed by atoms with Gasteiger partial charge in [0.2, 0.25) is 0 Å². The average molecular weight is 522 g/mol. The number of ketones is 1. The van der Waals surface area contributed by atoms with Crippen molar-refractivity contribution in [3.8, 4) is 0 Å². The van der Waals surface area contributed by atoms with E-state index in [0.29, 0.717) is 23.8 Å². The number of pyridine rings is 1. The van der Waals surface area contributed by atoms with Crippen molar-refractivity contribution >= 4 is 30.9 Å². The molecule has 0 radical (unpaired) electrons. The Hall–Kier alpha value is -2.97. The molecule has 198 valence electrons. The zero-order chi connectivity index (χ0) is 27.0. The molecule has 0 spiro atoms. The van der Waals surface area contributed by atoms with Crippen molar-refractivity contribution in [1.82, 2.24) is 14.9 Å². The van der Waals surface area contributed by atoms with Gasteiger partial charge in [-0.1, -0.05) is 32.9 Å². The van der Waals surface area contributed by atoms with Crippen LogP contribution in [0.15, 0.2) is 47.5 Å². The molecule has 1 amide bonds. The summed E-state index contributed by atoms with van der Waals surface area (Å²) in [5.74, 6) is 0.300. The molecule has 1 saturated carbocycles. The van der Waals surface area contributed by atoms with Gasteiger partial charge in [0.25, 0.3) is 11.5 Å². The van der Waals surface area contributed by atoms with Crippen molar-refractivity contribution in [2.45, 2.75) is 64.7 Å². The molecule has 2 heterocycles. The Bertz CT molecular complexity index is 1370. The van der Waals surface area contributed by atoms with Crippen molar-refractivity contribution in [1.29, 1.82) is 0 Å². The Morgan fingerprint density at radius 3 is 2.65 bits per heavy atom. The molecular weight excluding hydrogens is 482 g/mol. The molecule has 0 unspecified atom stereocenters. The van der Waals surface area contributed by atoms with Crippen molar-refractivity contribution in [3.05, 3.63) is 69.8 Å². The average Bonchev–Trinajstić information content (AvgIpc) is 3.36. The number of Topliss-reactive ketones (excluding diaryl/α,β-unsaturated/α-hetero) is 1. The van der Waals surface area contributed by atoms with Crippen LogP contribution in [0.25, 0.3) is 10.9 Å². The van der Waals surface area contributed by atoms with Crippen LogP contribution in [0.1, 0.15) is 66.3 Å². The number of nitrogens with zero attached hydrogens (tertiary/aromatic N) is 1. The van der Waals surface area contributed by atoms with Crippen LogP contribution in [0.5, 0.6) is 0 Å². The van der Waals surface area contributed by atoms with Crippen LogP contribution >= 0.6 is 0 Å². The van der Waals surface area contributed by atoms with E-state index in [-0.39, 0.29) is 22.9 Å². The van der Waals surface area contributed by atoms with Crippen molar-refractivity contribution in [3.63, 3.8) is 0 Å². The van der Waals surface area contributed by atoms with Crippen LogP contribution in [0.2, 0.25) is 18.1 Å². The van der Waals surface area contributed by atoms with Crippen LogP contribution < -0.4 is 10.9 Å². The van der Waals surface area contributed by atoms with Gasteiger partial charge in [0.15, 0.2) is 14.1 Å². The first-order valence-electron chi connectivity index (χ1n) is 13.1. The first-order valence-corrected chi connectivity index (χ1v) is 16.0. The van der Waals surface area contributed by atoms with E-state index in [1.807, 2.05) is 30.5 Å². The van der Waals surface area contributed by atoms with Gasteiger partial charge in [0, 0.05) is 48.9 Å². The highest BCUT2D eigenvalue weighted by molar-refractivity contribution is 6.74. The number of fused-ring (bicyclic) bond motifs is 1. The number of hydrogen-bond acceptors (Lipinski definition) is 4. The van der Waals surface area contributed by atoms with Crippen LogP contribution in [0.4, 0.5) is 0 Å². The summed E-state index contributed by atoms with van der Waals surface area (Å²) in [5, 5.41) is 3.72. The lowest BCUT2D eigenvalue weighted by atomic mass is 10.0. The van der Waals surface area contributed by atoms with Gasteiger partial charge in [-0.25, -0.2) is 0 Å². The molecule has 2 atom stereocenters. The van der Waals surface area contributed by atoms with Gasteiger partial charge in [0.1, 0.15) is 5.56 Å². The fourth-order valence-corrected chi connectivity index (χ4v) is 5.69. The number of amides is 1. The van der Waals surface area contributed by atoms with Crippen LogP contribution in [-0.4, -0.2) is 43.2 Å². The Kier molecular flexibility index (Phi) is 7.62. The number of aromatic nitrogens is 2. The van der Waals surface area contributed by atoms with E-state index in [1.165, 1.54) is 17.7 Å². The minimum atomic E-state index is -1.77. The predicted molar refractivity (Wildman–Crippen MR) is 150 cm³/mol. The molecule has 1 aliphatic rings. The number of carbonyl (C=O) groups is 2. The minimum Gasteiger partial charge on any atom is -0.417 e. The highest BCUT2D eigenvalue weighted by Crippen LogP contribution is 2.45. The SMILES string of the molecule is CNC(=O)c1cc(C(=O)C[C@H]2C[C@@H]2CCO[Si](C)(C)C(C)(C)C)cn(Cc2cccc3[nH]ccc23)c1=O. The first kappa shape index (κ1) is 27.1. The first-order chi connectivity index (χ1) is 17.4. The number of nitrogens with one attached hydrogen (secondary N) is 2. The fourth-order valence-electron chi connectivity index (χ4n) is 4.63. The monoisotopic (exact) mass is 521 g/mol. The second kappa shape index (κ2) is 10.4. The summed E-state index contributed by atoms with van der Waals surface area (Å²) in [5.41, 5.74) is 1.90. The van der Waals surface area contributed by atoms with Gasteiger partial charge >= 0.3 is 0 Å². The van der Waals surface area contributed by atoms with Crippen LogP contribution in [-0.2, 0) is 11.0 Å². The minimum absolute atomic E-state index is 0.00953. The molecule has 1 fully saturated rings. The molecule has 0 aliphatic heterocycles. The van der Waals surface area contributed by atoms with Gasteiger partial charge in [0.05, 0.1) is 6.54 Å². The third kappa shape index (κ3) is 5.96. The number of benzene rings is 1. The molecule has 2 N–H and O–H groups in total. The highest BCUT2D eigenvalue weighted by Gasteiger charge is 2.40. The summed E-state index contributed by atoms with van der Waals surface area (Å²) >= 11 is 0. The lowest BCUT2D eigenvalue weighted by molar-refractivity contribution is 0.0961. The summed E-state index contributed by atoms with van der Waals surface area (Å²) in [7, 11) is -0.279. The van der Waals surface area contributed by atoms with E-state index in [9.17, 15) is 14.4 Å². The summed E-state index contributed by atoms with van der Waals surface area (Å²) in [6.45, 7) is 12.3. The molecule has 8 heteroatoms. The van der Waals surface area contributed by atoms with E-state index in [2.05, 4.69) is 44.2 Å². The molecule has 7 nitrogen and oxygen atoms in total. The van der Waals surface area contributed by atoms with Crippen molar-refractivity contribution in [2.24, 2.45) is 11.8 Å². The largest absolute Gasteiger partial charge is 0.417 e. The molecule has 1 aliphatic carbocycles. The maximum atomic E-state index is 13.3. The topological polar surface area (TPSA) is 93.2 Å². The van der Waals surface area contributed by atoms with E-state index < -0.39 is 19.8 Å². The third-order valence-electron chi connectivity index (χ3n) is 8.18. The summed E-state index contributed by atoms with van der Waals surface area (Å²) in [6, 6.07) is 9.27. The summed E-state index contributed by atoms with van der Waals surface area (Å²) in [6.07, 6.45) is 5.87. The molecular formula is C29H39N3O4Si.